The normalized spacial score (nSPS) is 10.9. The van der Waals surface area contributed by atoms with E-state index in [2.05, 4.69) is 10.6 Å². The lowest BCUT2D eigenvalue weighted by Crippen LogP contribution is -2.31. The molecule has 174 valence electrons. The molecule has 0 fully saturated rings. The van der Waals surface area contributed by atoms with Crippen LogP contribution in [0, 0.1) is 10.1 Å². The van der Waals surface area contributed by atoms with Crippen LogP contribution < -0.4 is 20.1 Å². The molecule has 3 rings (SSSR count). The predicted octanol–water partition coefficient (Wildman–Crippen LogP) is 4.68. The first-order valence-electron chi connectivity index (χ1n) is 9.87. The SMILES string of the molecule is COc1ccc(NC(=O)C(=Cc2cccc([N+](=O)[O-])c2)NC(=O)c2ccc(OC)cc2Cl)cc1. The number of hydrogen-bond donors (Lipinski definition) is 2. The summed E-state index contributed by atoms with van der Waals surface area (Å²) in [6.45, 7) is 0. The Labute approximate surface area is 200 Å². The number of carbonyl (C=O) groups excluding carboxylic acids is 2. The molecule has 10 heteroatoms. The molecule has 3 aromatic carbocycles. The number of nitrogens with zero attached hydrogens (tertiary/aromatic N) is 1. The van der Waals surface area contributed by atoms with E-state index in [0.29, 0.717) is 22.7 Å². The van der Waals surface area contributed by atoms with Crippen LogP contribution in [0.2, 0.25) is 5.02 Å². The number of methoxy groups -OCH3 is 2. The second-order valence-corrected chi connectivity index (χ2v) is 7.30. The van der Waals surface area contributed by atoms with Crippen LogP contribution in [0.1, 0.15) is 15.9 Å². The largest absolute Gasteiger partial charge is 0.497 e. The number of non-ortho nitro benzene ring substituents is 1. The Bertz CT molecular complexity index is 1260. The highest BCUT2D eigenvalue weighted by atomic mass is 35.5. The second kappa shape index (κ2) is 11.0. The third kappa shape index (κ3) is 6.11. The van der Waals surface area contributed by atoms with E-state index in [9.17, 15) is 19.7 Å². The minimum absolute atomic E-state index is 0.115. The van der Waals surface area contributed by atoms with Gasteiger partial charge in [0.2, 0.25) is 0 Å². The summed E-state index contributed by atoms with van der Waals surface area (Å²) in [4.78, 5) is 36.5. The first-order valence-corrected chi connectivity index (χ1v) is 10.2. The van der Waals surface area contributed by atoms with Crippen LogP contribution in [0.25, 0.3) is 6.08 Å². The Morgan fingerprint density at radius 2 is 1.65 bits per heavy atom. The van der Waals surface area contributed by atoms with Gasteiger partial charge in [0.25, 0.3) is 17.5 Å². The zero-order valence-electron chi connectivity index (χ0n) is 18.2. The molecule has 2 N–H and O–H groups in total. The van der Waals surface area contributed by atoms with E-state index in [1.807, 2.05) is 0 Å². The number of halogens is 1. The molecule has 0 saturated carbocycles. The molecule has 0 bridgehead atoms. The highest BCUT2D eigenvalue weighted by molar-refractivity contribution is 6.34. The van der Waals surface area contributed by atoms with Gasteiger partial charge in [0.05, 0.1) is 29.7 Å². The Balaban J connectivity index is 1.93. The van der Waals surface area contributed by atoms with Gasteiger partial charge in [-0.05, 0) is 54.1 Å². The van der Waals surface area contributed by atoms with Gasteiger partial charge < -0.3 is 20.1 Å². The number of amides is 2. The maximum atomic E-state index is 13.0. The smallest absolute Gasteiger partial charge is 0.272 e. The number of benzene rings is 3. The van der Waals surface area contributed by atoms with E-state index in [4.69, 9.17) is 21.1 Å². The quantitative estimate of drug-likeness (QED) is 0.274. The molecule has 3 aromatic rings. The maximum Gasteiger partial charge on any atom is 0.272 e. The molecule has 0 heterocycles. The molecular weight excluding hydrogens is 462 g/mol. The maximum absolute atomic E-state index is 13.0. The fourth-order valence-corrected chi connectivity index (χ4v) is 3.18. The standard InChI is InChI=1S/C24H20ClN3O6/c1-33-18-8-6-16(7-9-18)26-24(30)22(13-15-4-3-5-17(12-15)28(31)32)27-23(29)20-11-10-19(34-2)14-21(20)25/h3-14H,1-2H3,(H,26,30)(H,27,29). The van der Waals surface area contributed by atoms with Gasteiger partial charge in [0.15, 0.2) is 0 Å². The Morgan fingerprint density at radius 3 is 2.26 bits per heavy atom. The number of nitro groups is 1. The summed E-state index contributed by atoms with van der Waals surface area (Å²) in [6, 6.07) is 16.7. The minimum Gasteiger partial charge on any atom is -0.497 e. The van der Waals surface area contributed by atoms with Gasteiger partial charge in [0.1, 0.15) is 17.2 Å². The van der Waals surface area contributed by atoms with Crippen LogP contribution in [0.15, 0.2) is 72.4 Å². The van der Waals surface area contributed by atoms with E-state index in [1.165, 1.54) is 50.6 Å². The Hall–Kier alpha value is -4.37. The zero-order valence-corrected chi connectivity index (χ0v) is 19.0. The zero-order chi connectivity index (χ0) is 24.7. The number of nitro benzene ring substituents is 1. The van der Waals surface area contributed by atoms with Crippen molar-refractivity contribution >= 4 is 40.9 Å². The summed E-state index contributed by atoms with van der Waals surface area (Å²) in [5.41, 5.74) is 0.605. The van der Waals surface area contributed by atoms with Crippen molar-refractivity contribution in [2.75, 3.05) is 19.5 Å². The van der Waals surface area contributed by atoms with Crippen molar-refractivity contribution in [3.63, 3.8) is 0 Å². The van der Waals surface area contributed by atoms with Gasteiger partial charge in [0, 0.05) is 17.8 Å². The molecule has 0 aromatic heterocycles. The van der Waals surface area contributed by atoms with Crippen LogP contribution >= 0.6 is 11.6 Å². The lowest BCUT2D eigenvalue weighted by molar-refractivity contribution is -0.384. The summed E-state index contributed by atoms with van der Waals surface area (Å²) in [5, 5.41) is 16.5. The van der Waals surface area contributed by atoms with Crippen LogP contribution in [-0.4, -0.2) is 31.0 Å². The average Bonchev–Trinajstić information content (AvgIpc) is 2.84. The number of anilines is 1. The Morgan fingerprint density at radius 1 is 0.971 bits per heavy atom. The number of hydrogen-bond acceptors (Lipinski definition) is 6. The van der Waals surface area contributed by atoms with E-state index < -0.39 is 16.7 Å². The Kier molecular flexibility index (Phi) is 7.83. The van der Waals surface area contributed by atoms with Crippen molar-refractivity contribution < 1.29 is 24.0 Å². The monoisotopic (exact) mass is 481 g/mol. The second-order valence-electron chi connectivity index (χ2n) is 6.89. The lowest BCUT2D eigenvalue weighted by Gasteiger charge is -2.13. The first kappa shape index (κ1) is 24.3. The van der Waals surface area contributed by atoms with Gasteiger partial charge in [-0.3, -0.25) is 19.7 Å². The molecule has 0 aliphatic rings. The molecule has 34 heavy (non-hydrogen) atoms. The van der Waals surface area contributed by atoms with Crippen molar-refractivity contribution in [1.29, 1.82) is 0 Å². The number of ether oxygens (including phenoxy) is 2. The van der Waals surface area contributed by atoms with Crippen LogP contribution in [0.3, 0.4) is 0 Å². The van der Waals surface area contributed by atoms with E-state index in [1.54, 1.807) is 36.4 Å². The summed E-state index contributed by atoms with van der Waals surface area (Å²) in [7, 11) is 2.99. The molecule has 0 aliphatic heterocycles. The van der Waals surface area contributed by atoms with Gasteiger partial charge >= 0.3 is 0 Å². The number of carbonyl (C=O) groups is 2. The minimum atomic E-state index is -0.644. The highest BCUT2D eigenvalue weighted by Crippen LogP contribution is 2.23. The molecule has 2 amide bonds. The topological polar surface area (TPSA) is 120 Å². The van der Waals surface area contributed by atoms with Gasteiger partial charge in [-0.15, -0.1) is 0 Å². The van der Waals surface area contributed by atoms with Crippen LogP contribution in [0.4, 0.5) is 11.4 Å². The van der Waals surface area contributed by atoms with Crippen molar-refractivity contribution in [2.45, 2.75) is 0 Å². The fraction of sp³-hybridized carbons (Fsp3) is 0.0833. The van der Waals surface area contributed by atoms with E-state index in [0.717, 1.165) is 0 Å². The first-order chi connectivity index (χ1) is 16.3. The molecule has 0 unspecified atom stereocenters. The van der Waals surface area contributed by atoms with Gasteiger partial charge in [-0.2, -0.15) is 0 Å². The average molecular weight is 482 g/mol. The summed E-state index contributed by atoms with van der Waals surface area (Å²) < 4.78 is 10.2. The molecule has 0 saturated heterocycles. The third-order valence-electron chi connectivity index (χ3n) is 4.65. The van der Waals surface area contributed by atoms with E-state index >= 15 is 0 Å². The molecular formula is C24H20ClN3O6. The fourth-order valence-electron chi connectivity index (χ4n) is 2.92. The molecule has 0 atom stereocenters. The van der Waals surface area contributed by atoms with Gasteiger partial charge in [-0.1, -0.05) is 23.7 Å². The summed E-state index contributed by atoms with van der Waals surface area (Å²) >= 11 is 6.19. The molecule has 0 radical (unpaired) electrons. The van der Waals surface area contributed by atoms with Crippen molar-refractivity contribution in [3.05, 3.63) is 98.7 Å². The van der Waals surface area contributed by atoms with Crippen molar-refractivity contribution in [1.82, 2.24) is 5.32 Å². The molecule has 0 spiro atoms. The number of nitrogens with one attached hydrogen (secondary N) is 2. The van der Waals surface area contributed by atoms with Crippen LogP contribution in [-0.2, 0) is 4.79 Å². The molecule has 0 aliphatic carbocycles. The third-order valence-corrected chi connectivity index (χ3v) is 4.97. The molecule has 9 nitrogen and oxygen atoms in total. The lowest BCUT2D eigenvalue weighted by atomic mass is 10.1. The van der Waals surface area contributed by atoms with Crippen molar-refractivity contribution in [3.8, 4) is 11.5 Å². The summed E-state index contributed by atoms with van der Waals surface area (Å²) in [5.74, 6) is -0.220. The predicted molar refractivity (Wildman–Crippen MR) is 128 cm³/mol. The number of rotatable bonds is 8. The van der Waals surface area contributed by atoms with Gasteiger partial charge in [-0.25, -0.2) is 0 Å². The van der Waals surface area contributed by atoms with E-state index in [-0.39, 0.29) is 22.0 Å². The van der Waals surface area contributed by atoms with Crippen molar-refractivity contribution in [2.24, 2.45) is 0 Å². The summed E-state index contributed by atoms with van der Waals surface area (Å²) in [6.07, 6.45) is 1.33. The van der Waals surface area contributed by atoms with Crippen LogP contribution in [0.5, 0.6) is 11.5 Å². The highest BCUT2D eigenvalue weighted by Gasteiger charge is 2.18.